The van der Waals surface area contributed by atoms with Crippen molar-refractivity contribution in [2.75, 3.05) is 27.2 Å². The van der Waals surface area contributed by atoms with Crippen molar-refractivity contribution in [3.63, 3.8) is 0 Å². The minimum absolute atomic E-state index is 0.257. The number of hydrogen-bond acceptors (Lipinski definition) is 4. The second kappa shape index (κ2) is 6.52. The quantitative estimate of drug-likeness (QED) is 0.838. The highest BCUT2D eigenvalue weighted by molar-refractivity contribution is 5.71. The molecule has 1 saturated heterocycles. The molecule has 0 saturated carbocycles. The summed E-state index contributed by atoms with van der Waals surface area (Å²) in [5.74, 6) is 0.562. The number of likely N-dealkylation sites (tertiary alicyclic amines) is 1. The molecular formula is C14H21N3O2. The van der Waals surface area contributed by atoms with Crippen LogP contribution in [0, 0.1) is 0 Å². The summed E-state index contributed by atoms with van der Waals surface area (Å²) in [4.78, 5) is 20.1. The molecule has 2 rings (SSSR count). The van der Waals surface area contributed by atoms with Crippen LogP contribution in [0.3, 0.4) is 0 Å². The molecule has 1 aliphatic rings. The van der Waals surface area contributed by atoms with Gasteiger partial charge in [-0.25, -0.2) is 4.79 Å². The van der Waals surface area contributed by atoms with Gasteiger partial charge < -0.3 is 14.5 Å². The Balaban J connectivity index is 2.03. The third kappa shape index (κ3) is 3.92. The van der Waals surface area contributed by atoms with Crippen LogP contribution in [0.1, 0.15) is 25.0 Å². The zero-order valence-electron chi connectivity index (χ0n) is 11.6. The standard InChI is InChI=1S/C14H21N3O2/c1-16(2)11-12-13(7-6-8-15-12)19-14(18)17-9-4-3-5-10-17/h6-8H,3-5,9-11H2,1-2H3. The van der Waals surface area contributed by atoms with E-state index in [9.17, 15) is 4.79 Å². The van der Waals surface area contributed by atoms with Gasteiger partial charge in [0.15, 0.2) is 5.75 Å². The van der Waals surface area contributed by atoms with Crippen molar-refractivity contribution in [1.82, 2.24) is 14.8 Å². The first-order valence-corrected chi connectivity index (χ1v) is 6.72. The second-order valence-corrected chi connectivity index (χ2v) is 5.10. The van der Waals surface area contributed by atoms with E-state index in [1.165, 1.54) is 6.42 Å². The van der Waals surface area contributed by atoms with E-state index in [1.54, 1.807) is 23.2 Å². The number of hydrogen-bond donors (Lipinski definition) is 0. The van der Waals surface area contributed by atoms with Crippen LogP contribution in [-0.4, -0.2) is 48.1 Å². The predicted octanol–water partition coefficient (Wildman–Crippen LogP) is 2.13. The Morgan fingerprint density at radius 3 is 2.79 bits per heavy atom. The summed E-state index contributed by atoms with van der Waals surface area (Å²) in [6, 6.07) is 3.59. The Kier molecular flexibility index (Phi) is 4.74. The number of nitrogens with zero attached hydrogens (tertiary/aromatic N) is 3. The van der Waals surface area contributed by atoms with E-state index in [0.29, 0.717) is 12.3 Å². The number of pyridine rings is 1. The summed E-state index contributed by atoms with van der Waals surface area (Å²) in [5.41, 5.74) is 0.790. The van der Waals surface area contributed by atoms with E-state index in [4.69, 9.17) is 4.74 Å². The van der Waals surface area contributed by atoms with E-state index in [1.807, 2.05) is 19.0 Å². The maximum Gasteiger partial charge on any atom is 0.415 e. The largest absolute Gasteiger partial charge is 0.415 e. The molecule has 5 heteroatoms. The van der Waals surface area contributed by atoms with E-state index in [0.717, 1.165) is 31.6 Å². The SMILES string of the molecule is CN(C)Cc1ncccc1OC(=O)N1CCCCC1. The van der Waals surface area contributed by atoms with Gasteiger partial charge in [0.25, 0.3) is 0 Å². The van der Waals surface area contributed by atoms with Gasteiger partial charge in [-0.3, -0.25) is 4.98 Å². The topological polar surface area (TPSA) is 45.7 Å². The van der Waals surface area contributed by atoms with Gasteiger partial charge >= 0.3 is 6.09 Å². The molecule has 2 heterocycles. The zero-order chi connectivity index (χ0) is 13.7. The van der Waals surface area contributed by atoms with Crippen LogP contribution >= 0.6 is 0 Å². The summed E-state index contributed by atoms with van der Waals surface area (Å²) in [7, 11) is 3.93. The number of ether oxygens (including phenoxy) is 1. The molecule has 5 nitrogen and oxygen atoms in total. The number of carbonyl (C=O) groups excluding carboxylic acids is 1. The summed E-state index contributed by atoms with van der Waals surface area (Å²) in [5, 5.41) is 0. The minimum Gasteiger partial charge on any atom is -0.408 e. The Hall–Kier alpha value is -1.62. The molecule has 0 aliphatic carbocycles. The highest BCUT2D eigenvalue weighted by Gasteiger charge is 2.19. The van der Waals surface area contributed by atoms with Crippen molar-refractivity contribution in [1.29, 1.82) is 0 Å². The average Bonchev–Trinajstić information content (AvgIpc) is 2.41. The summed E-state index contributed by atoms with van der Waals surface area (Å²) < 4.78 is 5.48. The van der Waals surface area contributed by atoms with Crippen molar-refractivity contribution in [3.8, 4) is 5.75 Å². The first-order valence-electron chi connectivity index (χ1n) is 6.72. The van der Waals surface area contributed by atoms with Gasteiger partial charge in [0.05, 0.1) is 5.69 Å². The van der Waals surface area contributed by atoms with Gasteiger partial charge in [0.2, 0.25) is 0 Å². The lowest BCUT2D eigenvalue weighted by Crippen LogP contribution is -2.37. The fourth-order valence-corrected chi connectivity index (χ4v) is 2.17. The number of aromatic nitrogens is 1. The molecule has 0 N–H and O–H groups in total. The lowest BCUT2D eigenvalue weighted by Gasteiger charge is -2.26. The maximum absolute atomic E-state index is 12.1. The molecule has 0 unspecified atom stereocenters. The van der Waals surface area contributed by atoms with E-state index < -0.39 is 0 Å². The number of carbonyl (C=O) groups is 1. The average molecular weight is 263 g/mol. The van der Waals surface area contributed by atoms with Gasteiger partial charge in [0, 0.05) is 25.8 Å². The van der Waals surface area contributed by atoms with Crippen molar-refractivity contribution >= 4 is 6.09 Å². The lowest BCUT2D eigenvalue weighted by atomic mass is 10.1. The second-order valence-electron chi connectivity index (χ2n) is 5.10. The minimum atomic E-state index is -0.257. The van der Waals surface area contributed by atoms with E-state index in [2.05, 4.69) is 4.98 Å². The van der Waals surface area contributed by atoms with E-state index >= 15 is 0 Å². The van der Waals surface area contributed by atoms with Gasteiger partial charge in [-0.1, -0.05) is 0 Å². The molecule has 0 aromatic carbocycles. The first-order chi connectivity index (χ1) is 9.16. The molecule has 0 radical (unpaired) electrons. The van der Waals surface area contributed by atoms with Gasteiger partial charge in [0.1, 0.15) is 0 Å². The number of piperidine rings is 1. The van der Waals surface area contributed by atoms with Gasteiger partial charge in [-0.05, 0) is 45.5 Å². The Morgan fingerprint density at radius 2 is 2.11 bits per heavy atom. The summed E-state index contributed by atoms with van der Waals surface area (Å²) in [6.45, 7) is 2.24. The lowest BCUT2D eigenvalue weighted by molar-refractivity contribution is 0.141. The Morgan fingerprint density at radius 1 is 1.37 bits per heavy atom. The fourth-order valence-electron chi connectivity index (χ4n) is 2.17. The molecule has 1 aliphatic heterocycles. The smallest absolute Gasteiger partial charge is 0.408 e. The Labute approximate surface area is 114 Å². The molecule has 1 fully saturated rings. The van der Waals surface area contributed by atoms with Crippen LogP contribution in [0.4, 0.5) is 4.79 Å². The molecule has 0 bridgehead atoms. The van der Waals surface area contributed by atoms with E-state index in [-0.39, 0.29) is 6.09 Å². The third-order valence-electron chi connectivity index (χ3n) is 3.13. The normalized spacial score (nSPS) is 15.6. The Bertz CT molecular complexity index is 428. The number of amides is 1. The molecule has 1 aromatic heterocycles. The maximum atomic E-state index is 12.1. The molecule has 0 atom stereocenters. The molecular weight excluding hydrogens is 242 g/mol. The predicted molar refractivity (Wildman–Crippen MR) is 73.1 cm³/mol. The molecule has 0 spiro atoms. The highest BCUT2D eigenvalue weighted by Crippen LogP contribution is 2.18. The zero-order valence-corrected chi connectivity index (χ0v) is 11.6. The third-order valence-corrected chi connectivity index (χ3v) is 3.13. The van der Waals surface area contributed by atoms with Crippen molar-refractivity contribution in [3.05, 3.63) is 24.0 Å². The van der Waals surface area contributed by atoms with Crippen LogP contribution in [0.2, 0.25) is 0 Å². The summed E-state index contributed by atoms with van der Waals surface area (Å²) in [6.07, 6.45) is 4.78. The monoisotopic (exact) mass is 263 g/mol. The molecule has 19 heavy (non-hydrogen) atoms. The van der Waals surface area contributed by atoms with Crippen LogP contribution in [0.5, 0.6) is 5.75 Å². The summed E-state index contributed by atoms with van der Waals surface area (Å²) >= 11 is 0. The first kappa shape index (κ1) is 13.8. The van der Waals surface area contributed by atoms with Crippen molar-refractivity contribution < 1.29 is 9.53 Å². The highest BCUT2D eigenvalue weighted by atomic mass is 16.6. The number of rotatable bonds is 3. The molecule has 104 valence electrons. The molecule has 1 aromatic rings. The van der Waals surface area contributed by atoms with Gasteiger partial charge in [-0.2, -0.15) is 0 Å². The van der Waals surface area contributed by atoms with Crippen LogP contribution in [0.25, 0.3) is 0 Å². The van der Waals surface area contributed by atoms with Crippen LogP contribution < -0.4 is 4.74 Å². The van der Waals surface area contributed by atoms with Crippen molar-refractivity contribution in [2.24, 2.45) is 0 Å². The van der Waals surface area contributed by atoms with Crippen LogP contribution in [-0.2, 0) is 6.54 Å². The van der Waals surface area contributed by atoms with Crippen molar-refractivity contribution in [2.45, 2.75) is 25.8 Å². The van der Waals surface area contributed by atoms with Crippen LogP contribution in [0.15, 0.2) is 18.3 Å². The fraction of sp³-hybridized carbons (Fsp3) is 0.571. The van der Waals surface area contributed by atoms with Gasteiger partial charge in [-0.15, -0.1) is 0 Å². The molecule has 1 amide bonds.